The number of nitrogens with one attached hydrogen (secondary N) is 3. The van der Waals surface area contributed by atoms with Crippen molar-refractivity contribution in [2.45, 2.75) is 32.8 Å². The van der Waals surface area contributed by atoms with Crippen LogP contribution in [0.25, 0.3) is 10.9 Å². The molecule has 1 atom stereocenters. The Kier molecular flexibility index (Phi) is 8.09. The molecule has 0 radical (unpaired) electrons. The number of para-hydroxylation sites is 1. The number of H-pyrrole nitrogens is 1. The van der Waals surface area contributed by atoms with Crippen LogP contribution in [0.1, 0.15) is 30.5 Å². The maximum Gasteiger partial charge on any atom is 0.191 e. The van der Waals surface area contributed by atoms with Gasteiger partial charge in [0.2, 0.25) is 0 Å². The number of hydrogen-bond donors (Lipinski definition) is 4. The molecule has 158 valence electrons. The van der Waals surface area contributed by atoms with E-state index in [4.69, 9.17) is 0 Å². The van der Waals surface area contributed by atoms with E-state index in [-0.39, 0.29) is 30.5 Å². The number of aromatic nitrogens is 3. The molecule has 7 nitrogen and oxygen atoms in total. The molecular weight excluding hydrogens is 479 g/mol. The molecule has 3 rings (SSSR count). The Bertz CT molecular complexity index is 959. The number of hydrogen-bond acceptors (Lipinski definition) is 3. The van der Waals surface area contributed by atoms with Crippen molar-refractivity contribution in [1.29, 1.82) is 0 Å². The van der Waals surface area contributed by atoms with E-state index < -0.39 is 5.60 Å². The number of aliphatic hydroxyl groups is 1. The Balaban J connectivity index is 0.00000300. The average Bonchev–Trinajstić information content (AvgIpc) is 3.28. The van der Waals surface area contributed by atoms with Gasteiger partial charge < -0.3 is 20.7 Å². The highest BCUT2D eigenvalue weighted by atomic mass is 127. The zero-order valence-electron chi connectivity index (χ0n) is 17.5. The zero-order chi connectivity index (χ0) is 20.1. The highest BCUT2D eigenvalue weighted by Crippen LogP contribution is 2.21. The quantitative estimate of drug-likeness (QED) is 0.224. The van der Waals surface area contributed by atoms with Crippen LogP contribution in [0, 0.1) is 6.92 Å². The minimum absolute atomic E-state index is 0. The topological polar surface area (TPSA) is 90.3 Å². The second-order valence-electron chi connectivity index (χ2n) is 7.36. The van der Waals surface area contributed by atoms with Gasteiger partial charge >= 0.3 is 0 Å². The standard InChI is InChI=1S/C21H30N6O.HI/c1-5-22-20(25-14-21(3,28)17-12-26-27(4)13-17)23-10-9-16-11-24-19-15(2)7-6-8-18(16)19;/h6-8,11-13,24,28H,5,9-10,14H2,1-4H3,(H2,22,23,25);1H. The number of rotatable bonds is 7. The number of aromatic amines is 1. The van der Waals surface area contributed by atoms with E-state index in [0.29, 0.717) is 5.96 Å². The van der Waals surface area contributed by atoms with Crippen molar-refractivity contribution in [3.05, 3.63) is 53.5 Å². The number of halogens is 1. The summed E-state index contributed by atoms with van der Waals surface area (Å²) in [5.74, 6) is 0.697. The molecule has 8 heteroatoms. The van der Waals surface area contributed by atoms with Crippen LogP contribution in [-0.2, 0) is 19.1 Å². The van der Waals surface area contributed by atoms with Crippen LogP contribution in [0.15, 0.2) is 41.8 Å². The van der Waals surface area contributed by atoms with E-state index in [0.717, 1.165) is 25.1 Å². The zero-order valence-corrected chi connectivity index (χ0v) is 19.8. The number of nitrogens with zero attached hydrogens (tertiary/aromatic N) is 3. The number of fused-ring (bicyclic) bond motifs is 1. The first-order chi connectivity index (χ1) is 13.4. The fourth-order valence-electron chi connectivity index (χ4n) is 3.25. The van der Waals surface area contributed by atoms with Crippen LogP contribution in [-0.4, -0.2) is 45.5 Å². The molecule has 2 aromatic heterocycles. The molecule has 1 unspecified atom stereocenters. The first-order valence-corrected chi connectivity index (χ1v) is 9.70. The van der Waals surface area contributed by atoms with Gasteiger partial charge in [-0.15, -0.1) is 24.0 Å². The molecule has 0 aliphatic heterocycles. The molecular formula is C21H31IN6O. The summed E-state index contributed by atoms with van der Waals surface area (Å²) in [4.78, 5) is 7.94. The lowest BCUT2D eigenvalue weighted by molar-refractivity contribution is 0.0672. The average molecular weight is 510 g/mol. The maximum absolute atomic E-state index is 10.7. The van der Waals surface area contributed by atoms with E-state index in [9.17, 15) is 5.11 Å². The van der Waals surface area contributed by atoms with Gasteiger partial charge in [-0.3, -0.25) is 4.68 Å². The van der Waals surface area contributed by atoms with Crippen molar-refractivity contribution in [2.75, 3.05) is 19.6 Å². The van der Waals surface area contributed by atoms with Gasteiger partial charge in [-0.1, -0.05) is 18.2 Å². The third-order valence-electron chi connectivity index (χ3n) is 4.91. The molecule has 0 saturated carbocycles. The Morgan fingerprint density at radius 2 is 2.14 bits per heavy atom. The molecule has 4 N–H and O–H groups in total. The Labute approximate surface area is 189 Å². The van der Waals surface area contributed by atoms with Gasteiger partial charge in [-0.05, 0) is 38.3 Å². The number of aryl methyl sites for hydroxylation is 2. The summed E-state index contributed by atoms with van der Waals surface area (Å²) in [7, 11) is 1.83. The van der Waals surface area contributed by atoms with Gasteiger partial charge in [0.25, 0.3) is 0 Å². The van der Waals surface area contributed by atoms with Crippen molar-refractivity contribution in [1.82, 2.24) is 25.4 Å². The van der Waals surface area contributed by atoms with Crippen LogP contribution in [0.5, 0.6) is 0 Å². The van der Waals surface area contributed by atoms with E-state index >= 15 is 0 Å². The Hall–Kier alpha value is -2.07. The molecule has 0 spiro atoms. The smallest absolute Gasteiger partial charge is 0.191 e. The molecule has 0 amide bonds. The van der Waals surface area contributed by atoms with Crippen LogP contribution in [0.3, 0.4) is 0 Å². The molecule has 0 aliphatic rings. The van der Waals surface area contributed by atoms with Crippen molar-refractivity contribution < 1.29 is 5.11 Å². The molecule has 1 aromatic carbocycles. The largest absolute Gasteiger partial charge is 0.383 e. The molecule has 0 saturated heterocycles. The highest BCUT2D eigenvalue weighted by Gasteiger charge is 2.24. The summed E-state index contributed by atoms with van der Waals surface area (Å²) >= 11 is 0. The second kappa shape index (κ2) is 10.1. The van der Waals surface area contributed by atoms with Crippen LogP contribution < -0.4 is 10.6 Å². The summed E-state index contributed by atoms with van der Waals surface area (Å²) in [5, 5.41) is 22.7. The fourth-order valence-corrected chi connectivity index (χ4v) is 3.25. The summed E-state index contributed by atoms with van der Waals surface area (Å²) in [5.41, 5.74) is 3.42. The van der Waals surface area contributed by atoms with Crippen LogP contribution in [0.2, 0.25) is 0 Å². The summed E-state index contributed by atoms with van der Waals surface area (Å²) < 4.78 is 1.68. The van der Waals surface area contributed by atoms with E-state index in [1.54, 1.807) is 17.8 Å². The summed E-state index contributed by atoms with van der Waals surface area (Å²) in [6, 6.07) is 6.36. The lowest BCUT2D eigenvalue weighted by Crippen LogP contribution is -2.39. The summed E-state index contributed by atoms with van der Waals surface area (Å²) in [6.45, 7) is 7.66. The predicted molar refractivity (Wildman–Crippen MR) is 129 cm³/mol. The van der Waals surface area contributed by atoms with Gasteiger partial charge in [0.1, 0.15) is 5.60 Å². The van der Waals surface area contributed by atoms with Crippen molar-refractivity contribution >= 4 is 40.8 Å². The van der Waals surface area contributed by atoms with E-state index in [1.165, 1.54) is 22.0 Å². The number of benzene rings is 1. The highest BCUT2D eigenvalue weighted by molar-refractivity contribution is 14.0. The fraction of sp³-hybridized carbons (Fsp3) is 0.429. The molecule has 29 heavy (non-hydrogen) atoms. The normalized spacial score (nSPS) is 13.8. The summed E-state index contributed by atoms with van der Waals surface area (Å²) in [6.07, 6.45) is 6.45. The monoisotopic (exact) mass is 510 g/mol. The van der Waals surface area contributed by atoms with Crippen molar-refractivity contribution in [3.8, 4) is 0 Å². The molecule has 2 heterocycles. The van der Waals surface area contributed by atoms with Gasteiger partial charge in [0.05, 0.1) is 12.7 Å². The number of guanidine groups is 1. The molecule has 0 aliphatic carbocycles. The Morgan fingerprint density at radius 3 is 2.83 bits per heavy atom. The third-order valence-corrected chi connectivity index (χ3v) is 4.91. The lowest BCUT2D eigenvalue weighted by atomic mass is 10.0. The van der Waals surface area contributed by atoms with E-state index in [2.05, 4.69) is 57.0 Å². The SMILES string of the molecule is CCNC(=NCC(C)(O)c1cnn(C)c1)NCCc1c[nH]c2c(C)cccc12.I. The minimum atomic E-state index is -1.06. The molecule has 0 bridgehead atoms. The third kappa shape index (κ3) is 5.72. The Morgan fingerprint density at radius 1 is 1.34 bits per heavy atom. The first-order valence-electron chi connectivity index (χ1n) is 9.70. The van der Waals surface area contributed by atoms with Gasteiger partial charge in [0.15, 0.2) is 5.96 Å². The van der Waals surface area contributed by atoms with Gasteiger partial charge in [0, 0.05) is 49.0 Å². The number of aliphatic imine (C=N–C) groups is 1. The lowest BCUT2D eigenvalue weighted by Gasteiger charge is -2.20. The predicted octanol–water partition coefficient (Wildman–Crippen LogP) is 2.83. The van der Waals surface area contributed by atoms with Crippen LogP contribution >= 0.6 is 24.0 Å². The maximum atomic E-state index is 10.7. The molecule has 3 aromatic rings. The minimum Gasteiger partial charge on any atom is -0.383 e. The van der Waals surface area contributed by atoms with Crippen LogP contribution in [0.4, 0.5) is 0 Å². The molecule has 0 fully saturated rings. The van der Waals surface area contributed by atoms with Crippen molar-refractivity contribution in [2.24, 2.45) is 12.0 Å². The van der Waals surface area contributed by atoms with Gasteiger partial charge in [-0.2, -0.15) is 5.10 Å². The van der Waals surface area contributed by atoms with E-state index in [1.807, 2.05) is 20.2 Å². The first kappa shape index (κ1) is 23.2. The second-order valence-corrected chi connectivity index (χ2v) is 7.36. The van der Waals surface area contributed by atoms with Crippen molar-refractivity contribution in [3.63, 3.8) is 0 Å². The van der Waals surface area contributed by atoms with Gasteiger partial charge in [-0.25, -0.2) is 4.99 Å².